The van der Waals surface area contributed by atoms with Gasteiger partial charge in [-0.15, -0.1) is 0 Å². The molecule has 0 amide bonds. The van der Waals surface area contributed by atoms with Crippen LogP contribution in [0.4, 0.5) is 0 Å². The van der Waals surface area contributed by atoms with Gasteiger partial charge in [0.05, 0.1) is 5.75 Å². The molecule has 0 unspecified atom stereocenters. The van der Waals surface area contributed by atoms with Gasteiger partial charge in [-0.3, -0.25) is 24.2 Å². The lowest BCUT2D eigenvalue weighted by Gasteiger charge is -2.05. The second-order valence-electron chi connectivity index (χ2n) is 4.40. The van der Waals surface area contributed by atoms with Crippen molar-refractivity contribution in [3.8, 4) is 0 Å². The summed E-state index contributed by atoms with van der Waals surface area (Å²) in [5.74, 6) is 0.0853. The molecule has 2 aromatic rings. The Kier molecular flexibility index (Phi) is 3.93. The third-order valence-corrected chi connectivity index (χ3v) is 3.76. The van der Waals surface area contributed by atoms with E-state index in [1.807, 2.05) is 13.8 Å². The minimum Gasteiger partial charge on any atom is -0.362 e. The molecule has 0 aliphatic heterocycles. The number of thioether (sulfide) groups is 1. The van der Waals surface area contributed by atoms with Gasteiger partial charge in [-0.05, 0) is 19.9 Å². The van der Waals surface area contributed by atoms with E-state index in [1.54, 1.807) is 13.1 Å². The number of hydrogen-bond acceptors (Lipinski definition) is 5. The molecule has 2 rings (SSSR count). The molecule has 0 spiro atoms. The van der Waals surface area contributed by atoms with E-state index in [-0.39, 0.29) is 11.5 Å². The number of aryl methyl sites for hydroxylation is 3. The third kappa shape index (κ3) is 2.90. The molecule has 106 valence electrons. The number of hydrogen-bond donors (Lipinski definition) is 2. The van der Waals surface area contributed by atoms with Crippen molar-refractivity contribution in [1.82, 2.24) is 19.7 Å². The molecular formula is C12H14N4O3S. The van der Waals surface area contributed by atoms with Crippen LogP contribution in [-0.4, -0.2) is 31.3 Å². The number of aromatic nitrogens is 4. The first-order valence-electron chi connectivity index (χ1n) is 5.88. The molecule has 0 aliphatic rings. The monoisotopic (exact) mass is 294 g/mol. The number of Topliss-reactive ketones (excluding diaryl/α,β-unsaturated/α-hetero) is 1. The molecule has 0 bridgehead atoms. The Morgan fingerprint density at radius 1 is 1.40 bits per heavy atom. The minimum atomic E-state index is -0.855. The van der Waals surface area contributed by atoms with Crippen molar-refractivity contribution in [2.75, 3.05) is 5.75 Å². The summed E-state index contributed by atoms with van der Waals surface area (Å²) in [4.78, 5) is 41.0. The van der Waals surface area contributed by atoms with Crippen molar-refractivity contribution in [2.45, 2.75) is 19.0 Å². The standard InChI is InChI=1S/C12H14N4O3S/c1-6-4-8(7(2)13-6)9(17)5-20-12-14-10(18)11(19)15-16(12)3/h4,13H,5H2,1-3H3,(H,15,19). The summed E-state index contributed by atoms with van der Waals surface area (Å²) < 4.78 is 1.33. The molecule has 2 aromatic heterocycles. The number of ketones is 1. The van der Waals surface area contributed by atoms with Crippen LogP contribution in [0.2, 0.25) is 0 Å². The number of aromatic amines is 2. The maximum Gasteiger partial charge on any atom is 0.339 e. The lowest BCUT2D eigenvalue weighted by atomic mass is 10.2. The normalized spacial score (nSPS) is 10.8. The highest BCUT2D eigenvalue weighted by molar-refractivity contribution is 7.99. The fourth-order valence-corrected chi connectivity index (χ4v) is 2.61. The van der Waals surface area contributed by atoms with Crippen LogP contribution in [0.15, 0.2) is 20.8 Å². The smallest absolute Gasteiger partial charge is 0.339 e. The van der Waals surface area contributed by atoms with Gasteiger partial charge in [0.2, 0.25) is 0 Å². The van der Waals surface area contributed by atoms with Gasteiger partial charge in [0.25, 0.3) is 0 Å². The van der Waals surface area contributed by atoms with Gasteiger partial charge in [-0.2, -0.15) is 4.98 Å². The summed E-state index contributed by atoms with van der Waals surface area (Å²) in [5.41, 5.74) is 0.734. The molecule has 0 saturated heterocycles. The van der Waals surface area contributed by atoms with Crippen molar-refractivity contribution in [3.05, 3.63) is 43.7 Å². The number of carbonyl (C=O) groups excluding carboxylic acids is 1. The van der Waals surface area contributed by atoms with Crippen molar-refractivity contribution in [1.29, 1.82) is 0 Å². The first kappa shape index (κ1) is 14.3. The fraction of sp³-hybridized carbons (Fsp3) is 0.333. The van der Waals surface area contributed by atoms with E-state index in [9.17, 15) is 14.4 Å². The average molecular weight is 294 g/mol. The van der Waals surface area contributed by atoms with E-state index >= 15 is 0 Å². The van der Waals surface area contributed by atoms with Crippen LogP contribution in [0.25, 0.3) is 0 Å². The molecule has 2 N–H and O–H groups in total. The first-order valence-corrected chi connectivity index (χ1v) is 6.86. The SMILES string of the molecule is Cc1cc(C(=O)CSc2nc(=O)c(=O)[nH]n2C)c(C)[nH]1. The third-order valence-electron chi connectivity index (χ3n) is 2.73. The lowest BCUT2D eigenvalue weighted by molar-refractivity contribution is 0.102. The second kappa shape index (κ2) is 5.49. The van der Waals surface area contributed by atoms with Gasteiger partial charge in [0.1, 0.15) is 0 Å². The maximum absolute atomic E-state index is 12.1. The van der Waals surface area contributed by atoms with Crippen molar-refractivity contribution in [3.63, 3.8) is 0 Å². The summed E-state index contributed by atoms with van der Waals surface area (Å²) in [5, 5.41) is 2.63. The predicted molar refractivity (Wildman–Crippen MR) is 75.4 cm³/mol. The van der Waals surface area contributed by atoms with Crippen LogP contribution < -0.4 is 11.1 Å². The molecule has 2 heterocycles. The van der Waals surface area contributed by atoms with Crippen molar-refractivity contribution in [2.24, 2.45) is 7.05 Å². The maximum atomic E-state index is 12.1. The van der Waals surface area contributed by atoms with E-state index in [2.05, 4.69) is 15.1 Å². The molecule has 0 radical (unpaired) electrons. The molecule has 0 atom stereocenters. The summed E-state index contributed by atoms with van der Waals surface area (Å²) in [6, 6.07) is 1.79. The Morgan fingerprint density at radius 2 is 2.10 bits per heavy atom. The number of rotatable bonds is 4. The molecule has 0 aromatic carbocycles. The first-order chi connectivity index (χ1) is 9.38. The second-order valence-corrected chi connectivity index (χ2v) is 5.34. The quantitative estimate of drug-likeness (QED) is 0.482. The Hall–Kier alpha value is -2.09. The molecule has 0 aliphatic carbocycles. The van der Waals surface area contributed by atoms with Gasteiger partial charge in [0, 0.05) is 24.0 Å². The largest absolute Gasteiger partial charge is 0.362 e. The van der Waals surface area contributed by atoms with Crippen molar-refractivity contribution < 1.29 is 4.79 Å². The fourth-order valence-electron chi connectivity index (χ4n) is 1.81. The summed E-state index contributed by atoms with van der Waals surface area (Å²) in [6.07, 6.45) is 0. The molecule has 0 saturated carbocycles. The van der Waals surface area contributed by atoms with Crippen LogP contribution in [0.5, 0.6) is 0 Å². The van der Waals surface area contributed by atoms with E-state index in [0.29, 0.717) is 10.7 Å². The van der Waals surface area contributed by atoms with Gasteiger partial charge >= 0.3 is 11.1 Å². The zero-order valence-electron chi connectivity index (χ0n) is 11.3. The summed E-state index contributed by atoms with van der Waals surface area (Å²) in [7, 11) is 1.56. The minimum absolute atomic E-state index is 0.0581. The summed E-state index contributed by atoms with van der Waals surface area (Å²) >= 11 is 1.11. The highest BCUT2D eigenvalue weighted by atomic mass is 32.2. The Labute approximate surface area is 118 Å². The molecule has 7 nitrogen and oxygen atoms in total. The Balaban J connectivity index is 2.15. The number of nitrogens with one attached hydrogen (secondary N) is 2. The molecule has 20 heavy (non-hydrogen) atoms. The average Bonchev–Trinajstić information content (AvgIpc) is 2.71. The number of H-pyrrole nitrogens is 2. The van der Waals surface area contributed by atoms with E-state index in [0.717, 1.165) is 23.1 Å². The van der Waals surface area contributed by atoms with Gasteiger partial charge in [0.15, 0.2) is 10.9 Å². The number of carbonyl (C=O) groups is 1. The highest BCUT2D eigenvalue weighted by Gasteiger charge is 2.13. The molecule has 0 fully saturated rings. The van der Waals surface area contributed by atoms with Crippen molar-refractivity contribution >= 4 is 17.5 Å². The van der Waals surface area contributed by atoms with Crippen LogP contribution in [0.3, 0.4) is 0 Å². The van der Waals surface area contributed by atoms with E-state index < -0.39 is 11.1 Å². The summed E-state index contributed by atoms with van der Waals surface area (Å²) in [6.45, 7) is 3.71. The van der Waals surface area contributed by atoms with Crippen LogP contribution in [0, 0.1) is 13.8 Å². The van der Waals surface area contributed by atoms with Gasteiger partial charge in [-0.1, -0.05) is 11.8 Å². The van der Waals surface area contributed by atoms with Crippen LogP contribution in [0.1, 0.15) is 21.7 Å². The zero-order chi connectivity index (χ0) is 14.9. The molecular weight excluding hydrogens is 280 g/mol. The number of nitrogens with zero attached hydrogens (tertiary/aromatic N) is 2. The lowest BCUT2D eigenvalue weighted by Crippen LogP contribution is -2.34. The van der Waals surface area contributed by atoms with Gasteiger partial charge < -0.3 is 4.98 Å². The van der Waals surface area contributed by atoms with Crippen LogP contribution >= 0.6 is 11.8 Å². The predicted octanol–water partition coefficient (Wildman–Crippen LogP) is 0.389. The molecule has 8 heteroatoms. The topological polar surface area (TPSA) is 101 Å². The van der Waals surface area contributed by atoms with Crippen LogP contribution in [-0.2, 0) is 7.05 Å². The van der Waals surface area contributed by atoms with E-state index in [1.165, 1.54) is 4.68 Å². The Morgan fingerprint density at radius 3 is 2.70 bits per heavy atom. The highest BCUT2D eigenvalue weighted by Crippen LogP contribution is 2.17. The van der Waals surface area contributed by atoms with Gasteiger partial charge in [-0.25, -0.2) is 0 Å². The Bertz CT molecular complexity index is 772. The zero-order valence-corrected chi connectivity index (χ0v) is 12.1. The van der Waals surface area contributed by atoms with E-state index in [4.69, 9.17) is 0 Å².